The summed E-state index contributed by atoms with van der Waals surface area (Å²) in [4.78, 5) is 28.6. The van der Waals surface area contributed by atoms with Crippen molar-refractivity contribution in [3.8, 4) is 17.1 Å². The molecule has 0 aliphatic rings. The number of carbonyl (C=O) groups excluding carboxylic acids is 2. The summed E-state index contributed by atoms with van der Waals surface area (Å²) < 4.78 is 12.5. The van der Waals surface area contributed by atoms with Gasteiger partial charge in [-0.2, -0.15) is 0 Å². The second-order valence-corrected chi connectivity index (χ2v) is 8.68. The highest BCUT2D eigenvalue weighted by Gasteiger charge is 2.28. The lowest BCUT2D eigenvalue weighted by Gasteiger charge is -2.13. The number of aromatic nitrogens is 4. The molecule has 0 saturated carbocycles. The quantitative estimate of drug-likeness (QED) is 0.200. The Morgan fingerprint density at radius 1 is 1.27 bits per heavy atom. The molecule has 1 N–H and O–H groups in total. The first kappa shape index (κ1) is 24.3. The number of allylic oxidation sites excluding steroid dienone is 1. The van der Waals surface area contributed by atoms with Crippen LogP contribution in [0, 0.1) is 13.8 Å². The number of aromatic amines is 1. The number of esters is 1. The molecule has 0 bridgehead atoms. The fourth-order valence-electron chi connectivity index (χ4n) is 3.62. The molecule has 3 aromatic rings. The first-order valence-electron chi connectivity index (χ1n) is 10.6. The van der Waals surface area contributed by atoms with E-state index in [9.17, 15) is 9.59 Å². The predicted octanol–water partition coefficient (Wildman–Crippen LogP) is 4.62. The average molecular weight is 469 g/mol. The van der Waals surface area contributed by atoms with E-state index in [1.165, 1.54) is 11.8 Å². The third-order valence-electron chi connectivity index (χ3n) is 5.19. The number of carbonyl (C=O) groups is 2. The van der Waals surface area contributed by atoms with Crippen LogP contribution in [0.5, 0.6) is 5.75 Å². The summed E-state index contributed by atoms with van der Waals surface area (Å²) in [6, 6.07) is 7.56. The van der Waals surface area contributed by atoms with E-state index in [1.807, 2.05) is 35.8 Å². The molecule has 2 heterocycles. The highest BCUT2D eigenvalue weighted by molar-refractivity contribution is 8.00. The van der Waals surface area contributed by atoms with Gasteiger partial charge in [0, 0.05) is 12.2 Å². The first-order valence-corrected chi connectivity index (χ1v) is 11.5. The standard InChI is InChI=1S/C24H28N4O4S/c1-7-13-28-22(17-11-9-10-12-18(17)31-6)26-27-24(28)33-16(5)21(29)20-14(3)19(15(4)25-20)23(30)32-8-2/h7,9-12,16,25H,1,8,13H2,2-6H3/t16-/m1/s1. The van der Waals surface area contributed by atoms with Crippen molar-refractivity contribution in [3.63, 3.8) is 0 Å². The summed E-state index contributed by atoms with van der Waals surface area (Å²) in [5.74, 6) is 0.740. The molecule has 1 atom stereocenters. The fraction of sp³-hybridized carbons (Fsp3) is 0.333. The molecule has 0 amide bonds. The molecule has 33 heavy (non-hydrogen) atoms. The zero-order chi connectivity index (χ0) is 24.1. The molecule has 0 radical (unpaired) electrons. The number of hydrogen-bond acceptors (Lipinski definition) is 7. The van der Waals surface area contributed by atoms with Crippen molar-refractivity contribution in [2.75, 3.05) is 13.7 Å². The van der Waals surface area contributed by atoms with Crippen LogP contribution in [0.3, 0.4) is 0 Å². The summed E-state index contributed by atoms with van der Waals surface area (Å²) in [6.07, 6.45) is 1.75. The lowest BCUT2D eigenvalue weighted by atomic mass is 10.1. The Bertz CT molecular complexity index is 1180. The maximum Gasteiger partial charge on any atom is 0.340 e. The summed E-state index contributed by atoms with van der Waals surface area (Å²) in [5, 5.41) is 8.81. The van der Waals surface area contributed by atoms with Crippen molar-refractivity contribution >= 4 is 23.5 Å². The molecule has 0 aliphatic heterocycles. The summed E-state index contributed by atoms with van der Waals surface area (Å²) in [6.45, 7) is 11.6. The maximum atomic E-state index is 13.3. The number of nitrogens with one attached hydrogen (secondary N) is 1. The number of nitrogens with zero attached hydrogens (tertiary/aromatic N) is 3. The van der Waals surface area contributed by atoms with Crippen LogP contribution in [-0.4, -0.2) is 50.5 Å². The van der Waals surface area contributed by atoms with E-state index in [0.29, 0.717) is 45.8 Å². The van der Waals surface area contributed by atoms with E-state index in [0.717, 1.165) is 5.56 Å². The van der Waals surface area contributed by atoms with Gasteiger partial charge < -0.3 is 14.5 Å². The number of aryl methyl sites for hydroxylation is 1. The third kappa shape index (κ3) is 4.88. The molecular weight excluding hydrogens is 440 g/mol. The van der Waals surface area contributed by atoms with Crippen LogP contribution in [0.4, 0.5) is 0 Å². The number of H-pyrrole nitrogens is 1. The molecule has 0 saturated heterocycles. The largest absolute Gasteiger partial charge is 0.496 e. The maximum absolute atomic E-state index is 13.3. The van der Waals surface area contributed by atoms with Crippen LogP contribution in [-0.2, 0) is 11.3 Å². The molecule has 0 spiro atoms. The number of ether oxygens (including phenoxy) is 2. The van der Waals surface area contributed by atoms with E-state index in [2.05, 4.69) is 21.8 Å². The van der Waals surface area contributed by atoms with E-state index >= 15 is 0 Å². The Labute approximate surface area is 197 Å². The number of thioether (sulfide) groups is 1. The molecular formula is C24H28N4O4S. The van der Waals surface area contributed by atoms with Gasteiger partial charge in [-0.25, -0.2) is 4.79 Å². The van der Waals surface area contributed by atoms with Gasteiger partial charge in [0.05, 0.1) is 35.8 Å². The number of benzene rings is 1. The summed E-state index contributed by atoms with van der Waals surface area (Å²) in [5.41, 5.74) is 2.81. The molecule has 9 heteroatoms. The summed E-state index contributed by atoms with van der Waals surface area (Å²) >= 11 is 1.30. The normalized spacial score (nSPS) is 11.8. The van der Waals surface area contributed by atoms with Gasteiger partial charge in [-0.1, -0.05) is 30.0 Å². The van der Waals surface area contributed by atoms with Crippen molar-refractivity contribution in [2.45, 2.75) is 44.6 Å². The van der Waals surface area contributed by atoms with E-state index < -0.39 is 11.2 Å². The van der Waals surface area contributed by atoms with Crippen LogP contribution in [0.25, 0.3) is 11.4 Å². The molecule has 3 rings (SSSR count). The van der Waals surface area contributed by atoms with Crippen molar-refractivity contribution in [1.29, 1.82) is 0 Å². The smallest absolute Gasteiger partial charge is 0.340 e. The van der Waals surface area contributed by atoms with Gasteiger partial charge in [0.15, 0.2) is 16.8 Å². The van der Waals surface area contributed by atoms with Gasteiger partial charge in [0.25, 0.3) is 0 Å². The van der Waals surface area contributed by atoms with Crippen LogP contribution < -0.4 is 4.74 Å². The Kier molecular flexibility index (Phi) is 7.75. The highest BCUT2D eigenvalue weighted by Crippen LogP contribution is 2.33. The van der Waals surface area contributed by atoms with Crippen molar-refractivity contribution in [3.05, 3.63) is 59.4 Å². The first-order chi connectivity index (χ1) is 15.8. The van der Waals surface area contributed by atoms with Crippen LogP contribution in [0.15, 0.2) is 42.1 Å². The molecule has 174 valence electrons. The van der Waals surface area contributed by atoms with E-state index in [1.54, 1.807) is 34.0 Å². The topological polar surface area (TPSA) is 99.1 Å². The van der Waals surface area contributed by atoms with Gasteiger partial charge >= 0.3 is 5.97 Å². The minimum Gasteiger partial charge on any atom is -0.496 e. The third-order valence-corrected chi connectivity index (χ3v) is 6.27. The number of methoxy groups -OCH3 is 1. The minimum atomic E-state index is -0.477. The lowest BCUT2D eigenvalue weighted by molar-refractivity contribution is 0.0525. The molecule has 1 aromatic carbocycles. The molecule has 0 fully saturated rings. The Hall–Kier alpha value is -3.33. The van der Waals surface area contributed by atoms with Gasteiger partial charge in [0.1, 0.15) is 5.75 Å². The van der Waals surface area contributed by atoms with E-state index in [4.69, 9.17) is 9.47 Å². The number of Topliss-reactive ketones (excluding diaryl/α,β-unsaturated/α-hetero) is 1. The lowest BCUT2D eigenvalue weighted by Crippen LogP contribution is -2.16. The van der Waals surface area contributed by atoms with Crippen LogP contribution >= 0.6 is 11.8 Å². The Morgan fingerprint density at radius 3 is 2.67 bits per heavy atom. The van der Waals surface area contributed by atoms with Gasteiger partial charge in [-0.15, -0.1) is 16.8 Å². The van der Waals surface area contributed by atoms with Crippen molar-refractivity contribution in [2.24, 2.45) is 0 Å². The van der Waals surface area contributed by atoms with Crippen LogP contribution in [0.1, 0.15) is 46.0 Å². The minimum absolute atomic E-state index is 0.136. The van der Waals surface area contributed by atoms with Crippen molar-refractivity contribution in [1.82, 2.24) is 19.7 Å². The Morgan fingerprint density at radius 2 is 2.00 bits per heavy atom. The van der Waals surface area contributed by atoms with Crippen molar-refractivity contribution < 1.29 is 19.1 Å². The second kappa shape index (κ2) is 10.5. The number of hydrogen-bond donors (Lipinski definition) is 1. The number of ketones is 1. The SMILES string of the molecule is C=CCn1c(S[C@H](C)C(=O)c2[nH]c(C)c(C(=O)OCC)c2C)nnc1-c1ccccc1OC. The monoisotopic (exact) mass is 468 g/mol. The highest BCUT2D eigenvalue weighted by atomic mass is 32.2. The Balaban J connectivity index is 1.91. The second-order valence-electron chi connectivity index (χ2n) is 7.38. The average Bonchev–Trinajstić information content (AvgIpc) is 3.33. The molecule has 0 aliphatic carbocycles. The predicted molar refractivity (Wildman–Crippen MR) is 128 cm³/mol. The number of rotatable bonds is 10. The van der Waals surface area contributed by atoms with Gasteiger partial charge in [0.2, 0.25) is 0 Å². The molecule has 2 aromatic heterocycles. The zero-order valence-electron chi connectivity index (χ0n) is 19.5. The summed E-state index contributed by atoms with van der Waals surface area (Å²) in [7, 11) is 1.61. The van der Waals surface area contributed by atoms with E-state index in [-0.39, 0.29) is 12.4 Å². The van der Waals surface area contributed by atoms with Crippen LogP contribution in [0.2, 0.25) is 0 Å². The van der Waals surface area contributed by atoms with Gasteiger partial charge in [-0.3, -0.25) is 9.36 Å². The molecule has 8 nitrogen and oxygen atoms in total. The van der Waals surface area contributed by atoms with Gasteiger partial charge in [-0.05, 0) is 45.4 Å². The fourth-order valence-corrected chi connectivity index (χ4v) is 4.54. The molecule has 0 unspecified atom stereocenters. The number of para-hydroxylation sites is 1. The zero-order valence-corrected chi connectivity index (χ0v) is 20.3.